The Morgan fingerprint density at radius 3 is 2.00 bits per heavy atom. The fraction of sp³-hybridized carbons (Fsp3) is 0.619. The minimum absolute atomic E-state index is 0.109. The van der Waals surface area contributed by atoms with E-state index in [1.165, 1.54) is 14.2 Å². The molecule has 0 aromatic heterocycles. The first-order valence-corrected chi connectivity index (χ1v) is 9.62. The minimum Gasteiger partial charge on any atom is -0.497 e. The van der Waals surface area contributed by atoms with Gasteiger partial charge in [0.05, 0.1) is 46.4 Å². The van der Waals surface area contributed by atoms with Gasteiger partial charge in [0.25, 0.3) is 0 Å². The molecular weight excluding hydrogens is 362 g/mol. The van der Waals surface area contributed by atoms with Crippen LogP contribution in [0.1, 0.15) is 19.4 Å². The van der Waals surface area contributed by atoms with Crippen molar-refractivity contribution in [1.29, 1.82) is 0 Å². The van der Waals surface area contributed by atoms with Crippen LogP contribution in [0.4, 0.5) is 0 Å². The average Bonchev–Trinajstić information content (AvgIpc) is 2.73. The van der Waals surface area contributed by atoms with Gasteiger partial charge in [-0.15, -0.1) is 0 Å². The van der Waals surface area contributed by atoms with Gasteiger partial charge in [-0.05, 0) is 30.8 Å². The quantitative estimate of drug-likeness (QED) is 0.564. The highest BCUT2D eigenvalue weighted by Crippen LogP contribution is 2.45. The number of carbonyl (C=O) groups is 2. The van der Waals surface area contributed by atoms with Crippen LogP contribution in [0.15, 0.2) is 24.3 Å². The van der Waals surface area contributed by atoms with E-state index in [2.05, 4.69) is 4.90 Å². The lowest BCUT2D eigenvalue weighted by Gasteiger charge is -2.52. The Morgan fingerprint density at radius 2 is 1.50 bits per heavy atom. The van der Waals surface area contributed by atoms with Gasteiger partial charge in [-0.2, -0.15) is 0 Å². The van der Waals surface area contributed by atoms with Crippen molar-refractivity contribution in [2.24, 2.45) is 17.8 Å². The first-order valence-electron chi connectivity index (χ1n) is 9.62. The number of methoxy groups -OCH3 is 3. The van der Waals surface area contributed by atoms with Crippen molar-refractivity contribution < 1.29 is 28.5 Å². The van der Waals surface area contributed by atoms with E-state index in [0.717, 1.165) is 24.4 Å². The highest BCUT2D eigenvalue weighted by molar-refractivity contribution is 5.85. The number of ether oxygens (including phenoxy) is 4. The maximum absolute atomic E-state index is 12.4. The molecule has 0 unspecified atom stereocenters. The van der Waals surface area contributed by atoms with E-state index in [-0.39, 0.29) is 17.9 Å². The van der Waals surface area contributed by atoms with Crippen LogP contribution in [0.3, 0.4) is 0 Å². The third-order valence-electron chi connectivity index (χ3n) is 5.57. The Labute approximate surface area is 166 Å². The molecule has 1 saturated carbocycles. The van der Waals surface area contributed by atoms with E-state index in [9.17, 15) is 9.59 Å². The van der Waals surface area contributed by atoms with E-state index in [1.54, 1.807) is 7.11 Å². The highest BCUT2D eigenvalue weighted by Gasteiger charge is 2.60. The minimum atomic E-state index is -0.557. The summed E-state index contributed by atoms with van der Waals surface area (Å²) in [5.41, 5.74) is 1.01. The van der Waals surface area contributed by atoms with Crippen LogP contribution in [-0.4, -0.2) is 63.9 Å². The number of rotatable bonds is 10. The molecule has 1 aliphatic carbocycles. The summed E-state index contributed by atoms with van der Waals surface area (Å²) in [7, 11) is 4.32. The molecule has 1 aliphatic rings. The number of benzene rings is 1. The van der Waals surface area contributed by atoms with E-state index in [4.69, 9.17) is 18.9 Å². The first kappa shape index (κ1) is 22.2. The Morgan fingerprint density at radius 1 is 0.929 bits per heavy atom. The van der Waals surface area contributed by atoms with E-state index in [1.807, 2.05) is 38.1 Å². The summed E-state index contributed by atoms with van der Waals surface area (Å²) in [5.74, 6) is -1.20. The molecule has 1 fully saturated rings. The number of esters is 2. The molecule has 1 aromatic carbocycles. The number of hydrogen-bond donors (Lipinski definition) is 0. The van der Waals surface area contributed by atoms with Crippen molar-refractivity contribution in [2.75, 3.05) is 41.0 Å². The molecule has 0 heterocycles. The molecule has 2 rings (SSSR count). The summed E-state index contributed by atoms with van der Waals surface area (Å²) >= 11 is 0. The molecule has 0 saturated heterocycles. The molecule has 7 heteroatoms. The SMILES string of the molecule is CCN(CC)[C@@H]1[C@@H](COCc2ccc(OC)cc2)[C@H](C(=O)OC)[C@H]1C(=O)OC. The third-order valence-corrected chi connectivity index (χ3v) is 5.57. The summed E-state index contributed by atoms with van der Waals surface area (Å²) < 4.78 is 21.0. The largest absolute Gasteiger partial charge is 0.497 e. The van der Waals surface area contributed by atoms with E-state index >= 15 is 0 Å². The highest BCUT2D eigenvalue weighted by atomic mass is 16.5. The molecule has 0 amide bonds. The summed E-state index contributed by atoms with van der Waals surface area (Å²) in [5, 5.41) is 0. The van der Waals surface area contributed by atoms with Crippen molar-refractivity contribution in [3.8, 4) is 5.75 Å². The van der Waals surface area contributed by atoms with Gasteiger partial charge in [-0.25, -0.2) is 0 Å². The standard InChI is InChI=1S/C21H31NO6/c1-6-22(7-2)19-16(17(20(23)26-4)18(19)21(24)27-5)13-28-12-14-8-10-15(25-3)11-9-14/h8-11,16-19H,6-7,12-13H2,1-5H3/t16-,17-,18+,19+/m0/s1. The normalized spacial score (nSPS) is 23.8. The topological polar surface area (TPSA) is 74.3 Å². The molecule has 0 N–H and O–H groups in total. The van der Waals surface area contributed by atoms with Crippen molar-refractivity contribution >= 4 is 11.9 Å². The van der Waals surface area contributed by atoms with Crippen LogP contribution in [0.5, 0.6) is 5.75 Å². The van der Waals surface area contributed by atoms with Crippen LogP contribution in [0.2, 0.25) is 0 Å². The molecule has 4 atom stereocenters. The van der Waals surface area contributed by atoms with Crippen molar-refractivity contribution in [1.82, 2.24) is 4.90 Å². The number of carbonyl (C=O) groups excluding carboxylic acids is 2. The summed E-state index contributed by atoms with van der Waals surface area (Å²) in [6.07, 6.45) is 0. The molecule has 0 spiro atoms. The Bertz CT molecular complexity index is 643. The predicted octanol–water partition coefficient (Wildman–Crippen LogP) is 2.13. The zero-order valence-electron chi connectivity index (χ0n) is 17.3. The zero-order valence-corrected chi connectivity index (χ0v) is 17.3. The summed E-state index contributed by atoms with van der Waals surface area (Å²) in [6, 6.07) is 7.53. The van der Waals surface area contributed by atoms with Crippen molar-refractivity contribution in [3.05, 3.63) is 29.8 Å². The second kappa shape index (κ2) is 10.4. The second-order valence-corrected chi connectivity index (χ2v) is 6.84. The van der Waals surface area contributed by atoms with Gasteiger partial charge >= 0.3 is 11.9 Å². The number of nitrogens with zero attached hydrogens (tertiary/aromatic N) is 1. The number of hydrogen-bond acceptors (Lipinski definition) is 7. The Kier molecular flexibility index (Phi) is 8.26. The molecule has 28 heavy (non-hydrogen) atoms. The Hall–Kier alpha value is -2.12. The molecule has 156 valence electrons. The third kappa shape index (κ3) is 4.64. The maximum Gasteiger partial charge on any atom is 0.311 e. The van der Waals surface area contributed by atoms with Crippen molar-refractivity contribution in [2.45, 2.75) is 26.5 Å². The summed E-state index contributed by atoms with van der Waals surface area (Å²) in [6.45, 7) is 6.41. The fourth-order valence-electron chi connectivity index (χ4n) is 4.07. The van der Waals surface area contributed by atoms with Gasteiger partial charge in [0.1, 0.15) is 5.75 Å². The van der Waals surface area contributed by atoms with Crippen LogP contribution < -0.4 is 4.74 Å². The molecule has 0 radical (unpaired) electrons. The Balaban J connectivity index is 2.11. The van der Waals surface area contributed by atoms with Crippen molar-refractivity contribution in [3.63, 3.8) is 0 Å². The van der Waals surface area contributed by atoms with Crippen LogP contribution in [0.25, 0.3) is 0 Å². The molecule has 0 aliphatic heterocycles. The van der Waals surface area contributed by atoms with Crippen LogP contribution in [0, 0.1) is 17.8 Å². The van der Waals surface area contributed by atoms with Gasteiger partial charge in [0.2, 0.25) is 0 Å². The van der Waals surface area contributed by atoms with E-state index in [0.29, 0.717) is 13.2 Å². The van der Waals surface area contributed by atoms with Gasteiger partial charge in [0, 0.05) is 12.0 Å². The average molecular weight is 393 g/mol. The zero-order chi connectivity index (χ0) is 20.7. The summed E-state index contributed by atoms with van der Waals surface area (Å²) in [4.78, 5) is 26.9. The monoisotopic (exact) mass is 393 g/mol. The molecular formula is C21H31NO6. The second-order valence-electron chi connectivity index (χ2n) is 6.84. The molecule has 7 nitrogen and oxygen atoms in total. The fourth-order valence-corrected chi connectivity index (χ4v) is 4.07. The van der Waals surface area contributed by atoms with Gasteiger partial charge in [0.15, 0.2) is 0 Å². The van der Waals surface area contributed by atoms with E-state index < -0.39 is 17.8 Å². The molecule has 0 bridgehead atoms. The van der Waals surface area contributed by atoms with Gasteiger partial charge in [-0.1, -0.05) is 26.0 Å². The molecule has 1 aromatic rings. The lowest BCUT2D eigenvalue weighted by molar-refractivity contribution is -0.186. The first-order chi connectivity index (χ1) is 13.5. The predicted molar refractivity (Wildman–Crippen MR) is 104 cm³/mol. The van der Waals surface area contributed by atoms with Crippen LogP contribution >= 0.6 is 0 Å². The lowest BCUT2D eigenvalue weighted by Crippen LogP contribution is -2.66. The van der Waals surface area contributed by atoms with Crippen LogP contribution in [-0.2, 0) is 30.4 Å². The lowest BCUT2D eigenvalue weighted by atomic mass is 9.60. The maximum atomic E-state index is 12.4. The smallest absolute Gasteiger partial charge is 0.311 e. The van der Waals surface area contributed by atoms with Gasteiger partial charge in [-0.3, -0.25) is 14.5 Å². The van der Waals surface area contributed by atoms with Gasteiger partial charge < -0.3 is 18.9 Å².